The Bertz CT molecular complexity index is 900. The number of hydrogen-bond acceptors (Lipinski definition) is 7. The van der Waals surface area contributed by atoms with E-state index in [0.717, 1.165) is 16.7 Å². The van der Waals surface area contributed by atoms with Crippen molar-refractivity contribution in [2.45, 2.75) is 12.0 Å². The normalized spacial score (nSPS) is 27.2. The first-order chi connectivity index (χ1) is 13.6. The predicted octanol–water partition coefficient (Wildman–Crippen LogP) is 2.58. The molecule has 3 aliphatic rings. The van der Waals surface area contributed by atoms with Crippen molar-refractivity contribution in [3.8, 4) is 28.7 Å². The smallest absolute Gasteiger partial charge is 0.231 e. The van der Waals surface area contributed by atoms with Gasteiger partial charge in [0.05, 0.1) is 33.5 Å². The maximum atomic E-state index is 11.0. The summed E-state index contributed by atoms with van der Waals surface area (Å²) in [5.74, 6) is 1.97. The topological polar surface area (TPSA) is 86.6 Å². The van der Waals surface area contributed by atoms with Gasteiger partial charge in [-0.25, -0.2) is 0 Å². The van der Waals surface area contributed by atoms with Crippen LogP contribution in [0.15, 0.2) is 24.3 Å². The second kappa shape index (κ2) is 6.46. The lowest BCUT2D eigenvalue weighted by atomic mass is 9.66. The van der Waals surface area contributed by atoms with Gasteiger partial charge in [-0.1, -0.05) is 0 Å². The second-order valence-electron chi connectivity index (χ2n) is 7.40. The molecular formula is C21H22O7. The zero-order valence-corrected chi connectivity index (χ0v) is 15.7. The van der Waals surface area contributed by atoms with Crippen molar-refractivity contribution >= 4 is 0 Å². The molecule has 0 spiro atoms. The highest BCUT2D eigenvalue weighted by Gasteiger charge is 2.47. The van der Waals surface area contributed by atoms with E-state index in [2.05, 4.69) is 0 Å². The summed E-state index contributed by atoms with van der Waals surface area (Å²) in [4.78, 5) is 0. The van der Waals surface area contributed by atoms with Gasteiger partial charge < -0.3 is 33.9 Å². The van der Waals surface area contributed by atoms with Gasteiger partial charge in [-0.15, -0.1) is 0 Å². The number of phenols is 1. The van der Waals surface area contributed by atoms with Crippen LogP contribution in [0.4, 0.5) is 0 Å². The van der Waals surface area contributed by atoms with E-state index in [4.69, 9.17) is 23.7 Å². The van der Waals surface area contributed by atoms with Crippen molar-refractivity contribution in [2.75, 3.05) is 34.2 Å². The van der Waals surface area contributed by atoms with E-state index in [1.165, 1.54) is 14.2 Å². The largest absolute Gasteiger partial charge is 0.502 e. The minimum atomic E-state index is -0.630. The SMILES string of the molecule is COc1cc([C@@H]2c3cc4c(cc3[C@@H](O)[C@H]3COC[C@H]23)OCO4)cc(OC)c1O. The lowest BCUT2D eigenvalue weighted by molar-refractivity contribution is 0.0687. The summed E-state index contributed by atoms with van der Waals surface area (Å²) in [6, 6.07) is 7.47. The summed E-state index contributed by atoms with van der Waals surface area (Å²) in [6.45, 7) is 1.23. The van der Waals surface area contributed by atoms with Gasteiger partial charge in [0.15, 0.2) is 23.0 Å². The predicted molar refractivity (Wildman–Crippen MR) is 98.4 cm³/mol. The fourth-order valence-corrected chi connectivity index (χ4v) is 4.74. The highest BCUT2D eigenvalue weighted by Crippen LogP contribution is 2.55. The molecule has 7 heteroatoms. The van der Waals surface area contributed by atoms with Crippen LogP contribution in [-0.4, -0.2) is 44.4 Å². The number of rotatable bonds is 3. The van der Waals surface area contributed by atoms with Gasteiger partial charge >= 0.3 is 0 Å². The average Bonchev–Trinajstić information content (AvgIpc) is 3.37. The molecule has 2 aliphatic heterocycles. The third-order valence-corrected chi connectivity index (χ3v) is 6.10. The number of aliphatic hydroxyl groups is 1. The van der Waals surface area contributed by atoms with Crippen LogP contribution in [0.25, 0.3) is 0 Å². The first-order valence-corrected chi connectivity index (χ1v) is 9.26. The maximum absolute atomic E-state index is 11.0. The third kappa shape index (κ3) is 2.43. The molecule has 1 fully saturated rings. The zero-order valence-electron chi connectivity index (χ0n) is 15.7. The van der Waals surface area contributed by atoms with E-state index in [9.17, 15) is 10.2 Å². The highest BCUT2D eigenvalue weighted by molar-refractivity contribution is 5.58. The van der Waals surface area contributed by atoms with E-state index in [-0.39, 0.29) is 30.3 Å². The van der Waals surface area contributed by atoms with Gasteiger partial charge in [-0.3, -0.25) is 0 Å². The third-order valence-electron chi connectivity index (χ3n) is 6.10. The van der Waals surface area contributed by atoms with E-state index in [1.54, 1.807) is 0 Å². The summed E-state index contributed by atoms with van der Waals surface area (Å²) in [5, 5.41) is 21.3. The number of aromatic hydroxyl groups is 1. The average molecular weight is 386 g/mol. The molecule has 0 bridgehead atoms. The molecule has 1 saturated heterocycles. The Morgan fingerprint density at radius 1 is 0.893 bits per heavy atom. The molecule has 0 unspecified atom stereocenters. The highest BCUT2D eigenvalue weighted by atomic mass is 16.7. The van der Waals surface area contributed by atoms with E-state index >= 15 is 0 Å². The van der Waals surface area contributed by atoms with Gasteiger partial charge in [0.2, 0.25) is 12.5 Å². The van der Waals surface area contributed by atoms with E-state index < -0.39 is 6.10 Å². The molecule has 2 aromatic rings. The Hall–Kier alpha value is -2.64. The molecule has 2 N–H and O–H groups in total. The van der Waals surface area contributed by atoms with Crippen molar-refractivity contribution in [2.24, 2.45) is 11.8 Å². The standard InChI is InChI=1S/C21H22O7/c1-24-17-3-10(4-18(25-2)21(17)23)19-11-5-15-16(28-9-27-15)6-12(11)20(22)14-8-26-7-13(14)19/h3-6,13-14,19-20,22-23H,7-9H2,1-2H3/t13-,14-,19+,20+/m0/s1. The van der Waals surface area contributed by atoms with Gasteiger partial charge in [0.1, 0.15) is 0 Å². The number of aliphatic hydroxyl groups excluding tert-OH is 1. The lowest BCUT2D eigenvalue weighted by Crippen LogP contribution is -2.33. The number of benzene rings is 2. The van der Waals surface area contributed by atoms with Crippen LogP contribution >= 0.6 is 0 Å². The zero-order chi connectivity index (χ0) is 19.4. The monoisotopic (exact) mass is 386 g/mol. The van der Waals surface area contributed by atoms with Crippen molar-refractivity contribution in [3.63, 3.8) is 0 Å². The molecule has 28 heavy (non-hydrogen) atoms. The molecule has 0 aromatic heterocycles. The molecule has 0 amide bonds. The summed E-state index contributed by atoms with van der Waals surface area (Å²) < 4.78 is 27.6. The van der Waals surface area contributed by atoms with Crippen LogP contribution in [0.2, 0.25) is 0 Å². The number of ether oxygens (including phenoxy) is 5. The van der Waals surface area contributed by atoms with Crippen molar-refractivity contribution < 1.29 is 33.9 Å². The van der Waals surface area contributed by atoms with Gasteiger partial charge in [-0.2, -0.15) is 0 Å². The molecule has 4 atom stereocenters. The minimum Gasteiger partial charge on any atom is -0.502 e. The Morgan fingerprint density at radius 3 is 2.14 bits per heavy atom. The number of phenolic OH excluding ortho intramolecular Hbond substituents is 1. The van der Waals surface area contributed by atoms with Gasteiger partial charge in [-0.05, 0) is 41.0 Å². The summed E-state index contributed by atoms with van der Waals surface area (Å²) in [6.07, 6.45) is -0.630. The van der Waals surface area contributed by atoms with Crippen molar-refractivity contribution in [1.82, 2.24) is 0 Å². The fourth-order valence-electron chi connectivity index (χ4n) is 4.74. The van der Waals surface area contributed by atoms with Crippen LogP contribution in [0.1, 0.15) is 28.7 Å². The van der Waals surface area contributed by atoms with Crippen LogP contribution in [0, 0.1) is 11.8 Å². The minimum absolute atomic E-state index is 0.0244. The molecular weight excluding hydrogens is 364 g/mol. The quantitative estimate of drug-likeness (QED) is 0.838. The van der Waals surface area contributed by atoms with Gasteiger partial charge in [0, 0.05) is 17.8 Å². The molecule has 0 saturated carbocycles. The molecule has 2 aromatic carbocycles. The Labute approximate surface area is 162 Å². The number of methoxy groups -OCH3 is 2. The van der Waals surface area contributed by atoms with Gasteiger partial charge in [0.25, 0.3) is 0 Å². The van der Waals surface area contributed by atoms with Crippen LogP contribution in [0.5, 0.6) is 28.7 Å². The molecule has 7 nitrogen and oxygen atoms in total. The maximum Gasteiger partial charge on any atom is 0.231 e. The van der Waals surface area contributed by atoms with E-state index in [0.29, 0.717) is 36.2 Å². The Morgan fingerprint density at radius 2 is 1.50 bits per heavy atom. The molecule has 1 aliphatic carbocycles. The van der Waals surface area contributed by atoms with Crippen LogP contribution in [-0.2, 0) is 4.74 Å². The van der Waals surface area contributed by atoms with Crippen molar-refractivity contribution in [1.29, 1.82) is 0 Å². The Balaban J connectivity index is 1.72. The summed E-state index contributed by atoms with van der Waals surface area (Å²) in [5.41, 5.74) is 2.73. The van der Waals surface area contributed by atoms with Crippen LogP contribution in [0.3, 0.4) is 0 Å². The second-order valence-corrected chi connectivity index (χ2v) is 7.40. The van der Waals surface area contributed by atoms with E-state index in [1.807, 2.05) is 24.3 Å². The van der Waals surface area contributed by atoms with Crippen molar-refractivity contribution in [3.05, 3.63) is 41.0 Å². The first kappa shape index (κ1) is 17.5. The summed E-state index contributed by atoms with van der Waals surface area (Å²) >= 11 is 0. The molecule has 148 valence electrons. The molecule has 2 heterocycles. The number of fused-ring (bicyclic) bond motifs is 3. The van der Waals surface area contributed by atoms with Crippen LogP contribution < -0.4 is 18.9 Å². The fraction of sp³-hybridized carbons (Fsp3) is 0.429. The Kier molecular flexibility index (Phi) is 4.03. The molecule has 5 rings (SSSR count). The summed E-state index contributed by atoms with van der Waals surface area (Å²) in [7, 11) is 3.02. The number of hydrogen-bond donors (Lipinski definition) is 2. The first-order valence-electron chi connectivity index (χ1n) is 9.26. The lowest BCUT2D eigenvalue weighted by Gasteiger charge is -2.38. The molecule has 0 radical (unpaired) electrons.